The largest absolute Gasteiger partial charge is 0.341 e. The average Bonchev–Trinajstić information content (AvgIpc) is 2.49. The second-order valence-electron chi connectivity index (χ2n) is 4.87. The number of aliphatic imine (C=N–C) groups is 2. The van der Waals surface area contributed by atoms with Crippen LogP contribution in [-0.4, -0.2) is 67.5 Å². The molecular weight excluding hydrogens is 272 g/mol. The lowest BCUT2D eigenvalue weighted by molar-refractivity contribution is -0.105. The Morgan fingerprint density at radius 2 is 2.25 bits per heavy atom. The van der Waals surface area contributed by atoms with E-state index in [2.05, 4.69) is 27.1 Å². The summed E-state index contributed by atoms with van der Waals surface area (Å²) in [5.74, 6) is 3.11. The monoisotopic (exact) mass is 294 g/mol. The van der Waals surface area contributed by atoms with E-state index in [1.54, 1.807) is 6.21 Å². The minimum absolute atomic E-state index is 0.460. The summed E-state index contributed by atoms with van der Waals surface area (Å²) in [6.45, 7) is 6.33. The lowest BCUT2D eigenvalue weighted by Gasteiger charge is -2.29. The van der Waals surface area contributed by atoms with Crippen molar-refractivity contribution in [1.82, 2.24) is 10.2 Å². The Bertz CT molecular complexity index is 425. The van der Waals surface area contributed by atoms with E-state index in [9.17, 15) is 4.79 Å². The summed E-state index contributed by atoms with van der Waals surface area (Å²) in [4.78, 5) is 22.2. The molecule has 0 aromatic rings. The molecule has 0 bridgehead atoms. The Morgan fingerprint density at radius 3 is 2.95 bits per heavy atom. The summed E-state index contributed by atoms with van der Waals surface area (Å²) in [7, 11) is 0. The van der Waals surface area contributed by atoms with E-state index in [-0.39, 0.29) is 0 Å². The number of rotatable bonds is 6. The van der Waals surface area contributed by atoms with Crippen LogP contribution in [-0.2, 0) is 4.79 Å². The van der Waals surface area contributed by atoms with Crippen molar-refractivity contribution < 1.29 is 4.79 Å². The normalized spacial score (nSPS) is 20.9. The number of nitrogens with zero attached hydrogens (tertiary/aromatic N) is 3. The van der Waals surface area contributed by atoms with E-state index >= 15 is 0 Å². The van der Waals surface area contributed by atoms with Gasteiger partial charge in [0, 0.05) is 49.0 Å². The molecule has 2 heterocycles. The summed E-state index contributed by atoms with van der Waals surface area (Å²) < 4.78 is 0. The van der Waals surface area contributed by atoms with Gasteiger partial charge in [0.05, 0.1) is 12.8 Å². The predicted octanol–water partition coefficient (Wildman–Crippen LogP) is 0.971. The lowest BCUT2D eigenvalue weighted by atomic mass is 10.1. The summed E-state index contributed by atoms with van der Waals surface area (Å²) >= 11 is 1.99. The number of nitrogens with one attached hydrogen (secondary N) is 1. The van der Waals surface area contributed by atoms with Gasteiger partial charge in [0.25, 0.3) is 0 Å². The van der Waals surface area contributed by atoms with Crippen LogP contribution < -0.4 is 5.32 Å². The number of hydrogen-bond acceptors (Lipinski definition) is 6. The molecule has 20 heavy (non-hydrogen) atoms. The molecule has 0 aliphatic carbocycles. The minimum Gasteiger partial charge on any atom is -0.341 e. The van der Waals surface area contributed by atoms with Crippen molar-refractivity contribution in [3.05, 3.63) is 11.3 Å². The van der Waals surface area contributed by atoms with Gasteiger partial charge in [0.2, 0.25) is 0 Å². The van der Waals surface area contributed by atoms with Crippen LogP contribution in [0.15, 0.2) is 21.3 Å². The first kappa shape index (κ1) is 15.3. The second kappa shape index (κ2) is 8.21. The topological polar surface area (TPSA) is 57.1 Å². The highest BCUT2D eigenvalue weighted by Crippen LogP contribution is 2.13. The smallest absolute Gasteiger partial charge is 0.149 e. The number of aldehydes is 1. The molecule has 2 aliphatic rings. The van der Waals surface area contributed by atoms with Gasteiger partial charge in [-0.2, -0.15) is 11.8 Å². The SMILES string of the molecule is CCCN=CC1=NCC(C=O)=C(CN2CCSCC2)N1. The Labute approximate surface area is 124 Å². The van der Waals surface area contributed by atoms with Gasteiger partial charge in [-0.15, -0.1) is 0 Å². The summed E-state index contributed by atoms with van der Waals surface area (Å²) in [6.07, 6.45) is 3.72. The summed E-state index contributed by atoms with van der Waals surface area (Å²) in [5.41, 5.74) is 1.75. The number of carbonyl (C=O) groups is 1. The number of hydrogen-bond donors (Lipinski definition) is 1. The zero-order valence-electron chi connectivity index (χ0n) is 12.0. The van der Waals surface area contributed by atoms with Gasteiger partial charge in [-0.1, -0.05) is 6.92 Å². The third kappa shape index (κ3) is 4.45. The first-order valence-corrected chi connectivity index (χ1v) is 8.27. The van der Waals surface area contributed by atoms with Crippen molar-refractivity contribution in [2.24, 2.45) is 9.98 Å². The molecule has 2 aliphatic heterocycles. The van der Waals surface area contributed by atoms with Crippen molar-refractivity contribution in [3.63, 3.8) is 0 Å². The maximum atomic E-state index is 11.2. The first-order chi connectivity index (χ1) is 9.83. The highest BCUT2D eigenvalue weighted by Gasteiger charge is 2.18. The molecule has 6 heteroatoms. The van der Waals surface area contributed by atoms with Gasteiger partial charge in [-0.05, 0) is 6.42 Å². The highest BCUT2D eigenvalue weighted by molar-refractivity contribution is 7.99. The van der Waals surface area contributed by atoms with Crippen LogP contribution in [0.3, 0.4) is 0 Å². The van der Waals surface area contributed by atoms with Gasteiger partial charge < -0.3 is 5.32 Å². The fraction of sp³-hybridized carbons (Fsp3) is 0.643. The fourth-order valence-electron chi connectivity index (χ4n) is 2.13. The predicted molar refractivity (Wildman–Crippen MR) is 85.9 cm³/mol. The van der Waals surface area contributed by atoms with Crippen LogP contribution in [0.2, 0.25) is 0 Å². The Kier molecular flexibility index (Phi) is 6.26. The van der Waals surface area contributed by atoms with Crippen molar-refractivity contribution >= 4 is 30.1 Å². The van der Waals surface area contributed by atoms with Gasteiger partial charge in [-0.25, -0.2) is 0 Å². The molecule has 0 radical (unpaired) electrons. The third-order valence-electron chi connectivity index (χ3n) is 3.28. The number of carbonyl (C=O) groups excluding carboxylic acids is 1. The Hall–Kier alpha value is -1.14. The molecule has 0 saturated carbocycles. The zero-order chi connectivity index (χ0) is 14.2. The van der Waals surface area contributed by atoms with Gasteiger partial charge in [-0.3, -0.25) is 19.7 Å². The van der Waals surface area contributed by atoms with Crippen molar-refractivity contribution in [1.29, 1.82) is 0 Å². The van der Waals surface area contributed by atoms with Crippen molar-refractivity contribution in [2.75, 3.05) is 44.2 Å². The molecule has 0 spiro atoms. The van der Waals surface area contributed by atoms with Crippen LogP contribution in [0.25, 0.3) is 0 Å². The molecule has 1 saturated heterocycles. The molecule has 5 nitrogen and oxygen atoms in total. The standard InChI is InChI=1S/C14H22N4OS/c1-2-3-15-9-14-16-8-12(11-19)13(17-14)10-18-4-6-20-7-5-18/h9,11H,2-8,10H2,1H3,(H,16,17). The molecule has 1 fully saturated rings. The van der Waals surface area contributed by atoms with E-state index in [0.29, 0.717) is 6.54 Å². The molecule has 0 unspecified atom stereocenters. The van der Waals surface area contributed by atoms with Gasteiger partial charge >= 0.3 is 0 Å². The molecule has 0 aromatic carbocycles. The van der Waals surface area contributed by atoms with Crippen LogP contribution in [0.4, 0.5) is 0 Å². The van der Waals surface area contributed by atoms with E-state index in [1.807, 2.05) is 11.8 Å². The van der Waals surface area contributed by atoms with E-state index in [4.69, 9.17) is 0 Å². The number of amidine groups is 1. The maximum Gasteiger partial charge on any atom is 0.149 e. The molecule has 110 valence electrons. The van der Waals surface area contributed by atoms with E-state index in [1.165, 1.54) is 11.5 Å². The maximum absolute atomic E-state index is 11.2. The van der Waals surface area contributed by atoms with Gasteiger partial charge in [0.15, 0.2) is 0 Å². The molecule has 0 amide bonds. The molecule has 1 N–H and O–H groups in total. The second-order valence-corrected chi connectivity index (χ2v) is 6.10. The first-order valence-electron chi connectivity index (χ1n) is 7.12. The Morgan fingerprint density at radius 1 is 1.45 bits per heavy atom. The summed E-state index contributed by atoms with van der Waals surface area (Å²) in [5, 5.41) is 3.26. The van der Waals surface area contributed by atoms with Crippen molar-refractivity contribution in [2.45, 2.75) is 13.3 Å². The number of thioether (sulfide) groups is 1. The Balaban J connectivity index is 1.96. The third-order valence-corrected chi connectivity index (χ3v) is 4.22. The minimum atomic E-state index is 0.460. The van der Waals surface area contributed by atoms with Crippen LogP contribution in [0.1, 0.15) is 13.3 Å². The molecular formula is C14H22N4OS. The molecule has 0 atom stereocenters. The van der Waals surface area contributed by atoms with Crippen LogP contribution in [0.5, 0.6) is 0 Å². The average molecular weight is 294 g/mol. The van der Waals surface area contributed by atoms with Crippen LogP contribution >= 0.6 is 11.8 Å². The highest BCUT2D eigenvalue weighted by atomic mass is 32.2. The lowest BCUT2D eigenvalue weighted by Crippen LogP contribution is -2.40. The van der Waals surface area contributed by atoms with E-state index < -0.39 is 0 Å². The summed E-state index contributed by atoms with van der Waals surface area (Å²) in [6, 6.07) is 0. The van der Waals surface area contributed by atoms with Gasteiger partial charge in [0.1, 0.15) is 12.1 Å². The van der Waals surface area contributed by atoms with Crippen molar-refractivity contribution in [3.8, 4) is 0 Å². The van der Waals surface area contributed by atoms with Crippen LogP contribution in [0, 0.1) is 0 Å². The molecule has 2 rings (SSSR count). The zero-order valence-corrected chi connectivity index (χ0v) is 12.8. The van der Waals surface area contributed by atoms with E-state index in [0.717, 1.165) is 56.0 Å². The quantitative estimate of drug-likeness (QED) is 0.586. The molecule has 0 aromatic heterocycles. The fourth-order valence-corrected chi connectivity index (χ4v) is 3.10.